The van der Waals surface area contributed by atoms with Gasteiger partial charge in [-0.05, 0) is 37.0 Å². The van der Waals surface area contributed by atoms with Crippen molar-refractivity contribution in [2.24, 2.45) is 7.05 Å². The van der Waals surface area contributed by atoms with Gasteiger partial charge in [0.2, 0.25) is 11.8 Å². The lowest BCUT2D eigenvalue weighted by Gasteiger charge is -2.21. The molecule has 1 aromatic carbocycles. The average molecular weight is 353 g/mol. The van der Waals surface area contributed by atoms with E-state index in [1.54, 1.807) is 11.6 Å². The van der Waals surface area contributed by atoms with Crippen LogP contribution in [0.25, 0.3) is 11.0 Å². The Labute approximate surface area is 154 Å². The van der Waals surface area contributed by atoms with Crippen molar-refractivity contribution in [3.05, 3.63) is 34.2 Å². The minimum atomic E-state index is -0.633. The van der Waals surface area contributed by atoms with Gasteiger partial charge in [0, 0.05) is 13.5 Å². The molecular weight excluding hydrogens is 329 g/mol. The number of nitrogens with zero attached hydrogens (tertiary/aromatic N) is 2. The Kier molecular flexibility index (Phi) is 5.64. The molecular formula is C19H24BN3O3. The summed E-state index contributed by atoms with van der Waals surface area (Å²) in [7, 11) is 7.23. The molecule has 1 fully saturated rings. The SMILES string of the molecule is [B]CCCCCCc1ccc2c(c1)n(C)c(=O)n2C1CCC(=O)NC1=O. The molecule has 2 amide bonds. The number of fused-ring (bicyclic) bond motifs is 1. The number of amides is 2. The van der Waals surface area contributed by atoms with Crippen molar-refractivity contribution in [2.75, 3.05) is 0 Å². The Balaban J connectivity index is 1.85. The Bertz CT molecular complexity index is 884. The van der Waals surface area contributed by atoms with Gasteiger partial charge in [0.15, 0.2) is 0 Å². The van der Waals surface area contributed by atoms with E-state index in [0.29, 0.717) is 6.42 Å². The van der Waals surface area contributed by atoms with E-state index < -0.39 is 11.9 Å². The average Bonchev–Trinajstić information content (AvgIpc) is 2.86. The summed E-state index contributed by atoms with van der Waals surface area (Å²) in [4.78, 5) is 36.3. The number of aryl methyl sites for hydroxylation is 2. The predicted molar refractivity (Wildman–Crippen MR) is 101 cm³/mol. The monoisotopic (exact) mass is 353 g/mol. The zero-order chi connectivity index (χ0) is 18.7. The molecule has 1 unspecified atom stereocenters. The largest absolute Gasteiger partial charge is 0.329 e. The molecule has 1 aromatic heterocycles. The second-order valence-corrected chi connectivity index (χ2v) is 6.95. The topological polar surface area (TPSA) is 73.1 Å². The first-order valence-electron chi connectivity index (χ1n) is 9.26. The zero-order valence-corrected chi connectivity index (χ0v) is 15.2. The number of imide groups is 1. The van der Waals surface area contributed by atoms with Crippen molar-refractivity contribution in [2.45, 2.75) is 57.3 Å². The smallest absolute Gasteiger partial charge is 0.295 e. The van der Waals surface area contributed by atoms with Crippen LogP contribution in [0.1, 0.15) is 50.1 Å². The number of hydrogen-bond acceptors (Lipinski definition) is 3. The highest BCUT2D eigenvalue weighted by atomic mass is 16.2. The second kappa shape index (κ2) is 7.93. The first kappa shape index (κ1) is 18.5. The van der Waals surface area contributed by atoms with Crippen LogP contribution in [-0.2, 0) is 23.1 Å². The number of carbonyl (C=O) groups is 2. The van der Waals surface area contributed by atoms with E-state index >= 15 is 0 Å². The maximum atomic E-state index is 12.7. The molecule has 26 heavy (non-hydrogen) atoms. The molecule has 2 aromatic rings. The normalized spacial score (nSPS) is 17.7. The molecule has 2 heterocycles. The summed E-state index contributed by atoms with van der Waals surface area (Å²) < 4.78 is 3.10. The van der Waals surface area contributed by atoms with Crippen molar-refractivity contribution in [3.63, 3.8) is 0 Å². The van der Waals surface area contributed by atoms with Crippen LogP contribution in [0, 0.1) is 0 Å². The van der Waals surface area contributed by atoms with Gasteiger partial charge in [-0.2, -0.15) is 0 Å². The van der Waals surface area contributed by atoms with Crippen LogP contribution in [0.5, 0.6) is 0 Å². The molecule has 2 radical (unpaired) electrons. The van der Waals surface area contributed by atoms with Crippen molar-refractivity contribution in [3.8, 4) is 0 Å². The van der Waals surface area contributed by atoms with Gasteiger partial charge in [0.25, 0.3) is 0 Å². The number of hydrogen-bond donors (Lipinski definition) is 1. The van der Waals surface area contributed by atoms with Crippen LogP contribution in [-0.4, -0.2) is 28.8 Å². The molecule has 7 heteroatoms. The minimum Gasteiger partial charge on any atom is -0.295 e. The summed E-state index contributed by atoms with van der Waals surface area (Å²) in [6.07, 6.45) is 6.73. The van der Waals surface area contributed by atoms with E-state index in [0.717, 1.165) is 49.5 Å². The van der Waals surface area contributed by atoms with Gasteiger partial charge in [0.05, 0.1) is 18.9 Å². The fourth-order valence-corrected chi connectivity index (χ4v) is 3.62. The van der Waals surface area contributed by atoms with Crippen LogP contribution in [0.4, 0.5) is 0 Å². The number of piperidine rings is 1. The van der Waals surface area contributed by atoms with Crippen molar-refractivity contribution in [1.29, 1.82) is 0 Å². The number of unbranched alkanes of at least 4 members (excludes halogenated alkanes) is 3. The Morgan fingerprint density at radius 1 is 1.12 bits per heavy atom. The molecule has 0 bridgehead atoms. The van der Waals surface area contributed by atoms with Crippen LogP contribution >= 0.6 is 0 Å². The van der Waals surface area contributed by atoms with E-state index in [2.05, 4.69) is 5.32 Å². The summed E-state index contributed by atoms with van der Waals surface area (Å²) in [5.41, 5.74) is 2.51. The van der Waals surface area contributed by atoms with Gasteiger partial charge < -0.3 is 0 Å². The maximum Gasteiger partial charge on any atom is 0.329 e. The van der Waals surface area contributed by atoms with Crippen LogP contribution in [0.15, 0.2) is 23.0 Å². The quantitative estimate of drug-likeness (QED) is 0.470. The highest BCUT2D eigenvalue weighted by Gasteiger charge is 2.31. The van der Waals surface area contributed by atoms with Crippen molar-refractivity contribution >= 4 is 30.7 Å². The minimum absolute atomic E-state index is 0.227. The number of benzene rings is 1. The fraction of sp³-hybridized carbons (Fsp3) is 0.526. The fourth-order valence-electron chi connectivity index (χ4n) is 3.62. The summed E-state index contributed by atoms with van der Waals surface area (Å²) in [5.74, 6) is -0.684. The highest BCUT2D eigenvalue weighted by molar-refractivity contribution is 6.08. The summed E-state index contributed by atoms with van der Waals surface area (Å²) in [5, 5.41) is 2.33. The van der Waals surface area contributed by atoms with Gasteiger partial charge in [-0.15, -0.1) is 0 Å². The lowest BCUT2D eigenvalue weighted by molar-refractivity contribution is -0.135. The lowest BCUT2D eigenvalue weighted by atomic mass is 9.98. The van der Waals surface area contributed by atoms with Crippen LogP contribution in [0.3, 0.4) is 0 Å². The van der Waals surface area contributed by atoms with E-state index in [1.165, 1.54) is 10.1 Å². The van der Waals surface area contributed by atoms with Crippen LogP contribution < -0.4 is 11.0 Å². The third-order valence-electron chi connectivity index (χ3n) is 5.10. The van der Waals surface area contributed by atoms with Crippen LogP contribution in [0.2, 0.25) is 6.32 Å². The van der Waals surface area contributed by atoms with E-state index in [9.17, 15) is 14.4 Å². The molecule has 0 aliphatic carbocycles. The summed E-state index contributed by atoms with van der Waals surface area (Å²) in [6, 6.07) is 5.33. The molecule has 1 saturated heterocycles. The van der Waals surface area contributed by atoms with Gasteiger partial charge in [0.1, 0.15) is 6.04 Å². The second-order valence-electron chi connectivity index (χ2n) is 6.95. The lowest BCUT2D eigenvalue weighted by Crippen LogP contribution is -2.44. The first-order chi connectivity index (χ1) is 12.5. The first-order valence-corrected chi connectivity index (χ1v) is 9.26. The van der Waals surface area contributed by atoms with Gasteiger partial charge >= 0.3 is 5.69 Å². The standard InChI is InChI=1S/C19H24BN3O3/c1-22-16-12-13(6-4-2-3-5-11-20)7-8-14(16)23(19(22)26)15-9-10-17(24)21-18(15)25/h7-8,12,15H,2-6,9-11H2,1H3,(H,21,24,25). The summed E-state index contributed by atoms with van der Waals surface area (Å²) in [6.45, 7) is 0. The van der Waals surface area contributed by atoms with Gasteiger partial charge in [-0.3, -0.25) is 24.0 Å². The summed E-state index contributed by atoms with van der Waals surface area (Å²) >= 11 is 0. The Morgan fingerprint density at radius 3 is 2.62 bits per heavy atom. The third-order valence-corrected chi connectivity index (χ3v) is 5.10. The van der Waals surface area contributed by atoms with E-state index in [4.69, 9.17) is 7.85 Å². The van der Waals surface area contributed by atoms with Gasteiger partial charge in [-0.25, -0.2) is 4.79 Å². The number of aromatic nitrogens is 2. The molecule has 3 rings (SSSR count). The van der Waals surface area contributed by atoms with E-state index in [1.807, 2.05) is 18.2 Å². The molecule has 1 aliphatic heterocycles. The molecule has 6 nitrogen and oxygen atoms in total. The molecule has 0 saturated carbocycles. The molecule has 1 aliphatic rings. The Hall–Kier alpha value is -2.31. The number of rotatable bonds is 7. The maximum absolute atomic E-state index is 12.7. The predicted octanol–water partition coefficient (Wildman–Crippen LogP) is 2.01. The molecule has 0 spiro atoms. The number of imidazole rings is 1. The van der Waals surface area contributed by atoms with E-state index in [-0.39, 0.29) is 18.0 Å². The molecule has 1 atom stereocenters. The third kappa shape index (κ3) is 3.62. The number of carbonyl (C=O) groups excluding carboxylic acids is 2. The molecule has 136 valence electrons. The molecule has 1 N–H and O–H groups in total. The van der Waals surface area contributed by atoms with Gasteiger partial charge in [-0.1, -0.05) is 31.6 Å². The van der Waals surface area contributed by atoms with Crippen molar-refractivity contribution in [1.82, 2.24) is 14.5 Å². The zero-order valence-electron chi connectivity index (χ0n) is 15.2. The number of nitrogens with one attached hydrogen (secondary N) is 1. The van der Waals surface area contributed by atoms with Crippen molar-refractivity contribution < 1.29 is 9.59 Å². The highest BCUT2D eigenvalue weighted by Crippen LogP contribution is 2.24. The Morgan fingerprint density at radius 2 is 1.88 bits per heavy atom.